The third-order valence-electron chi connectivity index (χ3n) is 2.15. The van der Waals surface area contributed by atoms with Crippen molar-refractivity contribution in [2.75, 3.05) is 0 Å². The summed E-state index contributed by atoms with van der Waals surface area (Å²) in [5, 5.41) is 12.3. The van der Waals surface area contributed by atoms with E-state index in [1.54, 1.807) is 10.7 Å². The molecular weight excluding hydrogens is 247 g/mol. The van der Waals surface area contributed by atoms with Crippen LogP contribution in [0.1, 0.15) is 25.5 Å². The molecule has 0 spiro atoms. The summed E-state index contributed by atoms with van der Waals surface area (Å²) in [6.45, 7) is 4.15. The number of hydrogen-bond donors (Lipinski definition) is 0. The van der Waals surface area contributed by atoms with Crippen molar-refractivity contribution in [3.63, 3.8) is 0 Å². The van der Waals surface area contributed by atoms with Crippen molar-refractivity contribution in [3.05, 3.63) is 34.3 Å². The molecule has 2 heterocycles. The van der Waals surface area contributed by atoms with Crippen molar-refractivity contribution in [2.45, 2.75) is 19.8 Å². The van der Waals surface area contributed by atoms with Gasteiger partial charge in [-0.1, -0.05) is 37.0 Å². The van der Waals surface area contributed by atoms with E-state index in [1.807, 2.05) is 12.3 Å². The van der Waals surface area contributed by atoms with Crippen LogP contribution in [-0.2, 0) is 0 Å². The smallest absolute Gasteiger partial charge is 0.177 e. The highest BCUT2D eigenvalue weighted by atomic mass is 35.5. The third-order valence-corrected chi connectivity index (χ3v) is 2.60. The van der Waals surface area contributed by atoms with Gasteiger partial charge in [0.05, 0.1) is 5.69 Å². The molecule has 16 heavy (non-hydrogen) atoms. The highest BCUT2D eigenvalue weighted by molar-refractivity contribution is 6.32. The van der Waals surface area contributed by atoms with Crippen LogP contribution >= 0.6 is 23.2 Å². The maximum atomic E-state index is 5.93. The van der Waals surface area contributed by atoms with Crippen LogP contribution in [-0.4, -0.2) is 20.0 Å². The number of nitrogens with zero attached hydrogens (tertiary/aromatic N) is 4. The van der Waals surface area contributed by atoms with Crippen LogP contribution in [0.3, 0.4) is 0 Å². The van der Waals surface area contributed by atoms with E-state index >= 15 is 0 Å². The molecule has 0 saturated heterocycles. The summed E-state index contributed by atoms with van der Waals surface area (Å²) in [5.74, 6) is 0.366. The molecule has 2 aromatic heterocycles. The van der Waals surface area contributed by atoms with Gasteiger partial charge in [0.15, 0.2) is 10.3 Å². The Labute approximate surface area is 103 Å². The molecule has 0 fully saturated rings. The minimum atomic E-state index is 0.280. The Morgan fingerprint density at radius 3 is 2.62 bits per heavy atom. The van der Waals surface area contributed by atoms with Gasteiger partial charge in [-0.05, 0) is 12.0 Å². The van der Waals surface area contributed by atoms with Crippen LogP contribution in [0.5, 0.6) is 0 Å². The van der Waals surface area contributed by atoms with Crippen molar-refractivity contribution < 1.29 is 0 Å². The van der Waals surface area contributed by atoms with Gasteiger partial charge in [0.25, 0.3) is 0 Å². The fraction of sp³-hybridized carbons (Fsp3) is 0.300. The Kier molecular flexibility index (Phi) is 3.12. The van der Waals surface area contributed by atoms with Gasteiger partial charge in [-0.2, -0.15) is 5.10 Å². The van der Waals surface area contributed by atoms with E-state index < -0.39 is 0 Å². The molecule has 0 aliphatic carbocycles. The highest BCUT2D eigenvalue weighted by Crippen LogP contribution is 2.20. The van der Waals surface area contributed by atoms with Gasteiger partial charge < -0.3 is 0 Å². The van der Waals surface area contributed by atoms with E-state index in [2.05, 4.69) is 29.1 Å². The van der Waals surface area contributed by atoms with E-state index in [9.17, 15) is 0 Å². The molecular formula is C10H10Cl2N4. The first-order valence-electron chi connectivity index (χ1n) is 4.82. The largest absolute Gasteiger partial charge is 0.237 e. The van der Waals surface area contributed by atoms with Gasteiger partial charge in [-0.3, -0.25) is 0 Å². The molecule has 6 heteroatoms. The minimum Gasteiger partial charge on any atom is -0.237 e. The third kappa shape index (κ3) is 2.18. The van der Waals surface area contributed by atoms with Crippen molar-refractivity contribution in [3.8, 4) is 5.69 Å². The summed E-state index contributed by atoms with van der Waals surface area (Å²) in [5.41, 5.74) is 1.62. The number of hydrogen-bond acceptors (Lipinski definition) is 3. The zero-order valence-corrected chi connectivity index (χ0v) is 10.4. The maximum Gasteiger partial charge on any atom is 0.177 e. The van der Waals surface area contributed by atoms with Gasteiger partial charge in [0, 0.05) is 12.3 Å². The molecule has 0 bridgehead atoms. The first-order chi connectivity index (χ1) is 7.58. The average Bonchev–Trinajstić information content (AvgIpc) is 2.70. The molecule has 0 atom stereocenters. The second-order valence-corrected chi connectivity index (χ2v) is 4.43. The van der Waals surface area contributed by atoms with Gasteiger partial charge in [0.1, 0.15) is 5.69 Å². The van der Waals surface area contributed by atoms with Crippen molar-refractivity contribution >= 4 is 23.2 Å². The fourth-order valence-electron chi connectivity index (χ4n) is 1.28. The van der Waals surface area contributed by atoms with Crippen LogP contribution in [0.2, 0.25) is 10.3 Å². The SMILES string of the molecule is CC(C)c1ccn(-c2cc(Cl)nnc2Cl)n1. The van der Waals surface area contributed by atoms with Gasteiger partial charge in [-0.25, -0.2) is 4.68 Å². The summed E-state index contributed by atoms with van der Waals surface area (Å²) in [7, 11) is 0. The zero-order chi connectivity index (χ0) is 11.7. The van der Waals surface area contributed by atoms with Crippen molar-refractivity contribution in [1.82, 2.24) is 20.0 Å². The van der Waals surface area contributed by atoms with Crippen LogP contribution in [0.4, 0.5) is 0 Å². The standard InChI is InChI=1S/C10H10Cl2N4/c1-6(2)7-3-4-16(15-7)8-5-9(11)13-14-10(8)12/h3-6H,1-2H3. The van der Waals surface area contributed by atoms with E-state index in [0.29, 0.717) is 16.8 Å². The summed E-state index contributed by atoms with van der Waals surface area (Å²) in [4.78, 5) is 0. The Bertz CT molecular complexity index is 507. The zero-order valence-electron chi connectivity index (χ0n) is 8.85. The minimum absolute atomic E-state index is 0.280. The van der Waals surface area contributed by atoms with E-state index in [1.165, 1.54) is 0 Å². The summed E-state index contributed by atoms with van der Waals surface area (Å²) >= 11 is 11.7. The molecule has 0 N–H and O–H groups in total. The number of halogens is 2. The monoisotopic (exact) mass is 256 g/mol. The van der Waals surface area contributed by atoms with Gasteiger partial charge in [0.2, 0.25) is 0 Å². The predicted molar refractivity (Wildman–Crippen MR) is 63.3 cm³/mol. The molecule has 0 aliphatic heterocycles. The topological polar surface area (TPSA) is 43.6 Å². The van der Waals surface area contributed by atoms with Crippen molar-refractivity contribution in [2.24, 2.45) is 0 Å². The normalized spacial score (nSPS) is 11.1. The summed E-state index contributed by atoms with van der Waals surface area (Å²) in [6, 6.07) is 3.57. The first kappa shape index (κ1) is 11.4. The van der Waals surface area contributed by atoms with Crippen LogP contribution in [0.25, 0.3) is 5.69 Å². The fourth-order valence-corrected chi connectivity index (χ4v) is 1.61. The average molecular weight is 257 g/mol. The molecule has 4 nitrogen and oxygen atoms in total. The quantitative estimate of drug-likeness (QED) is 0.830. The lowest BCUT2D eigenvalue weighted by molar-refractivity contribution is 0.764. The molecule has 0 aromatic carbocycles. The highest BCUT2D eigenvalue weighted by Gasteiger charge is 2.09. The predicted octanol–water partition coefficient (Wildman–Crippen LogP) is 3.09. The molecule has 0 aliphatic rings. The van der Waals surface area contributed by atoms with Crippen LogP contribution in [0, 0.1) is 0 Å². The second-order valence-electron chi connectivity index (χ2n) is 3.68. The molecule has 0 amide bonds. The molecule has 2 aromatic rings. The number of rotatable bonds is 2. The van der Waals surface area contributed by atoms with Crippen molar-refractivity contribution in [1.29, 1.82) is 0 Å². The van der Waals surface area contributed by atoms with E-state index in [-0.39, 0.29) is 5.15 Å². The van der Waals surface area contributed by atoms with E-state index in [4.69, 9.17) is 23.2 Å². The lowest BCUT2D eigenvalue weighted by Gasteiger charge is -2.03. The lowest BCUT2D eigenvalue weighted by Crippen LogP contribution is -2.00. The number of aromatic nitrogens is 4. The second kappa shape index (κ2) is 4.39. The van der Waals surface area contributed by atoms with Gasteiger partial charge in [-0.15, -0.1) is 10.2 Å². The van der Waals surface area contributed by atoms with Crippen LogP contribution < -0.4 is 0 Å². The maximum absolute atomic E-state index is 5.93. The Morgan fingerprint density at radius 1 is 1.25 bits per heavy atom. The Morgan fingerprint density at radius 2 is 2.00 bits per heavy atom. The molecule has 84 valence electrons. The first-order valence-corrected chi connectivity index (χ1v) is 5.58. The Balaban J connectivity index is 2.46. The molecule has 0 radical (unpaired) electrons. The van der Waals surface area contributed by atoms with Crippen LogP contribution in [0.15, 0.2) is 18.3 Å². The summed E-state index contributed by atoms with van der Waals surface area (Å²) < 4.78 is 1.65. The summed E-state index contributed by atoms with van der Waals surface area (Å²) in [6.07, 6.45) is 1.83. The molecule has 2 rings (SSSR count). The Hall–Kier alpha value is -1.13. The molecule has 0 unspecified atom stereocenters. The van der Waals surface area contributed by atoms with E-state index in [0.717, 1.165) is 5.69 Å². The van der Waals surface area contributed by atoms with Gasteiger partial charge >= 0.3 is 0 Å². The molecule has 0 saturated carbocycles. The lowest BCUT2D eigenvalue weighted by atomic mass is 10.1.